The highest BCUT2D eigenvalue weighted by atomic mass is 19.1. The predicted octanol–water partition coefficient (Wildman–Crippen LogP) is 6.72. The molecule has 0 heterocycles. The number of rotatable bonds is 6. The van der Waals surface area contributed by atoms with E-state index in [0.29, 0.717) is 5.92 Å². The molecule has 0 atom stereocenters. The molecule has 0 radical (unpaired) electrons. The highest BCUT2D eigenvalue weighted by Gasteiger charge is 2.30. The van der Waals surface area contributed by atoms with Crippen LogP contribution in [0.2, 0.25) is 0 Å². The van der Waals surface area contributed by atoms with Crippen LogP contribution in [-0.4, -0.2) is 0 Å². The second kappa shape index (κ2) is 9.91. The number of allylic oxidation sites excluding steroid dienone is 4. The van der Waals surface area contributed by atoms with Crippen LogP contribution in [0.15, 0.2) is 24.1 Å². The Balaban J connectivity index is 1.68. The molecule has 0 bridgehead atoms. The van der Waals surface area contributed by atoms with Crippen molar-refractivity contribution in [2.45, 2.75) is 77.6 Å². The molecule has 2 aliphatic carbocycles. The summed E-state index contributed by atoms with van der Waals surface area (Å²) in [5, 5.41) is 8.39. The molecule has 0 aromatic rings. The molecule has 2 heteroatoms. The van der Waals surface area contributed by atoms with Crippen LogP contribution in [0, 0.1) is 35.0 Å². The summed E-state index contributed by atoms with van der Waals surface area (Å²) in [4.78, 5) is 0. The quantitative estimate of drug-likeness (QED) is 0.394. The SMILES string of the molecule is CCCC[C@H]1CC[C@H](C2CCC(C=CC=C(F)C#N)CC2)CC1. The first-order valence-corrected chi connectivity index (χ1v) is 9.67. The van der Waals surface area contributed by atoms with Crippen molar-refractivity contribution in [1.82, 2.24) is 0 Å². The highest BCUT2D eigenvalue weighted by Crippen LogP contribution is 2.42. The molecule has 0 aromatic carbocycles. The fourth-order valence-corrected chi connectivity index (χ4v) is 4.58. The van der Waals surface area contributed by atoms with Gasteiger partial charge >= 0.3 is 0 Å². The topological polar surface area (TPSA) is 23.8 Å². The Kier molecular flexibility index (Phi) is 7.86. The van der Waals surface area contributed by atoms with Gasteiger partial charge in [-0.05, 0) is 68.3 Å². The Morgan fingerprint density at radius 3 is 2.22 bits per heavy atom. The lowest BCUT2D eigenvalue weighted by molar-refractivity contribution is 0.152. The van der Waals surface area contributed by atoms with E-state index in [1.807, 2.05) is 0 Å². The minimum atomic E-state index is -0.699. The van der Waals surface area contributed by atoms with Crippen molar-refractivity contribution in [2.75, 3.05) is 0 Å². The van der Waals surface area contributed by atoms with E-state index in [4.69, 9.17) is 5.26 Å². The zero-order valence-electron chi connectivity index (χ0n) is 14.6. The molecule has 0 aliphatic heterocycles. The van der Waals surface area contributed by atoms with Crippen molar-refractivity contribution in [3.05, 3.63) is 24.1 Å². The van der Waals surface area contributed by atoms with Gasteiger partial charge in [-0.2, -0.15) is 9.65 Å². The van der Waals surface area contributed by atoms with E-state index >= 15 is 0 Å². The van der Waals surface area contributed by atoms with Crippen LogP contribution in [0.3, 0.4) is 0 Å². The van der Waals surface area contributed by atoms with Gasteiger partial charge in [-0.15, -0.1) is 0 Å². The fourth-order valence-electron chi connectivity index (χ4n) is 4.58. The Morgan fingerprint density at radius 2 is 1.65 bits per heavy atom. The smallest absolute Gasteiger partial charge is 0.195 e. The zero-order valence-corrected chi connectivity index (χ0v) is 14.6. The third-order valence-electron chi connectivity index (χ3n) is 6.07. The van der Waals surface area contributed by atoms with Crippen molar-refractivity contribution >= 4 is 0 Å². The molecule has 0 saturated heterocycles. The summed E-state index contributed by atoms with van der Waals surface area (Å²) in [5.74, 6) is 2.78. The normalized spacial score (nSPS) is 32.8. The number of halogens is 1. The molecule has 23 heavy (non-hydrogen) atoms. The van der Waals surface area contributed by atoms with Crippen LogP contribution < -0.4 is 0 Å². The minimum absolute atomic E-state index is 0.579. The maximum absolute atomic E-state index is 12.7. The number of nitrogens with zero attached hydrogens (tertiary/aromatic N) is 1. The molecule has 0 amide bonds. The number of unbranched alkanes of at least 4 members (excludes halogenated alkanes) is 1. The monoisotopic (exact) mass is 317 g/mol. The number of hydrogen-bond acceptors (Lipinski definition) is 1. The molecule has 2 rings (SSSR count). The Hall–Kier alpha value is -1.10. The summed E-state index contributed by atoms with van der Waals surface area (Å²) in [6.07, 6.45) is 20.3. The Bertz CT molecular complexity index is 429. The Morgan fingerprint density at radius 1 is 1.04 bits per heavy atom. The van der Waals surface area contributed by atoms with Crippen molar-refractivity contribution < 1.29 is 4.39 Å². The van der Waals surface area contributed by atoms with Crippen LogP contribution in [-0.2, 0) is 0 Å². The van der Waals surface area contributed by atoms with Crippen molar-refractivity contribution in [3.8, 4) is 6.07 Å². The van der Waals surface area contributed by atoms with Gasteiger partial charge in [0.1, 0.15) is 6.07 Å². The van der Waals surface area contributed by atoms with Crippen molar-refractivity contribution in [2.24, 2.45) is 23.7 Å². The lowest BCUT2D eigenvalue weighted by Gasteiger charge is -2.37. The molecule has 2 saturated carbocycles. The first-order valence-electron chi connectivity index (χ1n) is 9.67. The first kappa shape index (κ1) is 18.2. The summed E-state index contributed by atoms with van der Waals surface area (Å²) in [5.41, 5.74) is 0. The van der Waals surface area contributed by atoms with Gasteiger partial charge in [0.2, 0.25) is 0 Å². The lowest BCUT2D eigenvalue weighted by Crippen LogP contribution is -2.25. The summed E-state index contributed by atoms with van der Waals surface area (Å²) < 4.78 is 12.7. The van der Waals surface area contributed by atoms with E-state index in [-0.39, 0.29) is 0 Å². The van der Waals surface area contributed by atoms with Gasteiger partial charge < -0.3 is 0 Å². The molecule has 2 aliphatic rings. The van der Waals surface area contributed by atoms with E-state index in [2.05, 4.69) is 13.0 Å². The summed E-state index contributed by atoms with van der Waals surface area (Å²) >= 11 is 0. The van der Waals surface area contributed by atoms with Crippen LogP contribution >= 0.6 is 0 Å². The molecule has 1 nitrogen and oxygen atoms in total. The van der Waals surface area contributed by atoms with E-state index < -0.39 is 5.83 Å². The molecule has 0 N–H and O–H groups in total. The van der Waals surface area contributed by atoms with E-state index in [1.165, 1.54) is 82.8 Å². The van der Waals surface area contributed by atoms with Crippen LogP contribution in [0.1, 0.15) is 77.6 Å². The van der Waals surface area contributed by atoms with Gasteiger partial charge in [0.15, 0.2) is 5.83 Å². The van der Waals surface area contributed by atoms with E-state index in [0.717, 1.165) is 17.8 Å². The van der Waals surface area contributed by atoms with Crippen LogP contribution in [0.5, 0.6) is 0 Å². The summed E-state index contributed by atoms with van der Waals surface area (Å²) in [6.45, 7) is 2.29. The molecule has 128 valence electrons. The van der Waals surface area contributed by atoms with Crippen molar-refractivity contribution in [3.63, 3.8) is 0 Å². The molecule has 0 unspecified atom stereocenters. The van der Waals surface area contributed by atoms with Gasteiger partial charge in [0.25, 0.3) is 0 Å². The minimum Gasteiger partial charge on any atom is -0.195 e. The molecule has 0 spiro atoms. The van der Waals surface area contributed by atoms with Gasteiger partial charge in [-0.25, -0.2) is 0 Å². The summed E-state index contributed by atoms with van der Waals surface area (Å²) in [7, 11) is 0. The molecule has 0 aromatic heterocycles. The highest BCUT2D eigenvalue weighted by molar-refractivity contribution is 5.19. The lowest BCUT2D eigenvalue weighted by atomic mass is 9.68. The fraction of sp³-hybridized carbons (Fsp3) is 0.762. The van der Waals surface area contributed by atoms with Crippen LogP contribution in [0.25, 0.3) is 0 Å². The number of hydrogen-bond donors (Lipinski definition) is 0. The van der Waals surface area contributed by atoms with Gasteiger partial charge in [-0.1, -0.05) is 51.2 Å². The largest absolute Gasteiger partial charge is 0.199 e. The first-order chi connectivity index (χ1) is 11.2. The Labute approximate surface area is 141 Å². The molecular formula is C21H32FN. The average Bonchev–Trinajstić information content (AvgIpc) is 2.61. The average molecular weight is 317 g/mol. The molecule has 2 fully saturated rings. The second-order valence-corrected chi connectivity index (χ2v) is 7.61. The van der Waals surface area contributed by atoms with Crippen LogP contribution in [0.4, 0.5) is 4.39 Å². The van der Waals surface area contributed by atoms with Gasteiger partial charge in [0.05, 0.1) is 0 Å². The second-order valence-electron chi connectivity index (χ2n) is 7.61. The van der Waals surface area contributed by atoms with E-state index in [9.17, 15) is 4.39 Å². The number of nitriles is 1. The predicted molar refractivity (Wildman–Crippen MR) is 94.4 cm³/mol. The summed E-state index contributed by atoms with van der Waals surface area (Å²) in [6, 6.07) is 1.51. The van der Waals surface area contributed by atoms with Gasteiger partial charge in [0, 0.05) is 0 Å². The third-order valence-corrected chi connectivity index (χ3v) is 6.07. The van der Waals surface area contributed by atoms with Gasteiger partial charge in [-0.3, -0.25) is 0 Å². The molecular weight excluding hydrogens is 285 g/mol. The standard InChI is InChI=1S/C21H32FN/c1-2-3-5-17-8-12-19(13-9-17)20-14-10-18(11-15-20)6-4-7-21(22)16-23/h4,6-7,17-20H,2-3,5,8-15H2,1H3/t17-,18?,19-,20?. The maximum Gasteiger partial charge on any atom is 0.199 e. The zero-order chi connectivity index (χ0) is 16.5. The maximum atomic E-state index is 12.7. The third kappa shape index (κ3) is 6.13. The van der Waals surface area contributed by atoms with E-state index in [1.54, 1.807) is 6.08 Å². The van der Waals surface area contributed by atoms with Crippen molar-refractivity contribution in [1.29, 1.82) is 5.26 Å².